The Labute approximate surface area is 156 Å². The van der Waals surface area contributed by atoms with Crippen LogP contribution in [0.25, 0.3) is 11.4 Å². The van der Waals surface area contributed by atoms with E-state index in [1.54, 1.807) is 6.07 Å². The van der Waals surface area contributed by atoms with Gasteiger partial charge in [0.1, 0.15) is 0 Å². The second-order valence-electron chi connectivity index (χ2n) is 6.26. The molecule has 3 aromatic rings. The average molecular weight is 388 g/mol. The van der Waals surface area contributed by atoms with Gasteiger partial charge in [0.15, 0.2) is 22.6 Å². The third kappa shape index (κ3) is 2.83. The Kier molecular flexibility index (Phi) is 4.00. The fourth-order valence-corrected chi connectivity index (χ4v) is 3.06. The maximum atomic E-state index is 13.1. The lowest BCUT2D eigenvalue weighted by molar-refractivity contribution is -0.137. The lowest BCUT2D eigenvalue weighted by Gasteiger charge is -2.18. The third-order valence-corrected chi connectivity index (χ3v) is 4.33. The van der Waals surface area contributed by atoms with Crippen molar-refractivity contribution in [2.45, 2.75) is 13.1 Å². The van der Waals surface area contributed by atoms with Crippen molar-refractivity contribution in [2.75, 3.05) is 11.0 Å². The molecule has 0 aliphatic carbocycles. The van der Waals surface area contributed by atoms with Crippen molar-refractivity contribution in [3.05, 3.63) is 70.6 Å². The van der Waals surface area contributed by atoms with Gasteiger partial charge in [-0.05, 0) is 42.8 Å². The number of nitrogens with zero attached hydrogens (tertiary/aromatic N) is 2. The zero-order valence-electron chi connectivity index (χ0n) is 14.6. The van der Waals surface area contributed by atoms with Crippen LogP contribution in [-0.4, -0.2) is 9.13 Å². The summed E-state index contributed by atoms with van der Waals surface area (Å²) in [5.41, 5.74) is 5.46. The van der Waals surface area contributed by atoms with Crippen LogP contribution in [0.2, 0.25) is 0 Å². The number of rotatable bonds is 2. The number of aromatic nitrogens is 2. The number of aryl methyl sites for hydroxylation is 1. The standard InChI is InChI=1S/C18H15F3N6O/c1-10-4-2-6-12(8-10)26-14(22)15(23)27(17-16(26)24-28-25-17)13-7-3-5-11(9-13)18(19,20)21/h2-9,22-25H,1H3. The largest absolute Gasteiger partial charge is 0.416 e. The van der Waals surface area contributed by atoms with E-state index in [1.807, 2.05) is 25.1 Å². The van der Waals surface area contributed by atoms with Gasteiger partial charge >= 0.3 is 6.18 Å². The molecule has 0 bridgehead atoms. The normalized spacial score (nSPS) is 13.0. The highest BCUT2D eigenvalue weighted by atomic mass is 19.4. The molecule has 28 heavy (non-hydrogen) atoms. The number of nitrogens with one attached hydrogen (secondary N) is 4. The fraction of sp³-hybridized carbons (Fsp3) is 0.111. The zero-order valence-corrected chi connectivity index (χ0v) is 14.6. The molecule has 10 heteroatoms. The Morgan fingerprint density at radius 1 is 0.857 bits per heavy atom. The summed E-state index contributed by atoms with van der Waals surface area (Å²) in [4.78, 5) is 5.05. The first kappa shape index (κ1) is 17.9. The molecule has 1 aliphatic heterocycles. The van der Waals surface area contributed by atoms with Crippen molar-refractivity contribution < 1.29 is 18.1 Å². The topological polar surface area (TPSA) is 90.9 Å². The predicted molar refractivity (Wildman–Crippen MR) is 94.9 cm³/mol. The summed E-state index contributed by atoms with van der Waals surface area (Å²) in [5, 5.41) is 16.9. The fourth-order valence-electron chi connectivity index (χ4n) is 3.06. The minimum absolute atomic E-state index is 0.0840. The quantitative estimate of drug-likeness (QED) is 0.543. The number of hydrogen-bond donors (Lipinski definition) is 4. The molecule has 7 nitrogen and oxygen atoms in total. The summed E-state index contributed by atoms with van der Waals surface area (Å²) in [5.74, 6) is 0.505. The summed E-state index contributed by atoms with van der Waals surface area (Å²) >= 11 is 0. The van der Waals surface area contributed by atoms with E-state index in [9.17, 15) is 13.2 Å². The number of hydrogen-bond acceptors (Lipinski definition) is 5. The molecule has 144 valence electrons. The first-order valence-electron chi connectivity index (χ1n) is 8.21. The number of alkyl halides is 3. The Morgan fingerprint density at radius 2 is 1.39 bits per heavy atom. The minimum Gasteiger partial charge on any atom is -0.281 e. The molecule has 0 amide bonds. The molecule has 0 atom stereocenters. The van der Waals surface area contributed by atoms with Gasteiger partial charge in [-0.3, -0.25) is 20.0 Å². The molecule has 4 N–H and O–H groups in total. The third-order valence-electron chi connectivity index (χ3n) is 4.33. The molecule has 0 saturated carbocycles. The Morgan fingerprint density at radius 3 is 1.93 bits per heavy atom. The Hall–Kier alpha value is -3.53. The van der Waals surface area contributed by atoms with Gasteiger partial charge in [0, 0.05) is 11.4 Å². The highest BCUT2D eigenvalue weighted by Gasteiger charge is 2.31. The van der Waals surface area contributed by atoms with E-state index in [0.29, 0.717) is 11.5 Å². The van der Waals surface area contributed by atoms with Gasteiger partial charge in [-0.2, -0.15) is 18.1 Å². The summed E-state index contributed by atoms with van der Waals surface area (Å²) in [7, 11) is 0. The van der Waals surface area contributed by atoms with E-state index in [0.717, 1.165) is 17.7 Å². The minimum atomic E-state index is -4.52. The number of fused-ring (bicyclic) bond motifs is 1. The van der Waals surface area contributed by atoms with Gasteiger partial charge in [0.2, 0.25) is 0 Å². The first-order chi connectivity index (χ1) is 13.3. The van der Waals surface area contributed by atoms with Crippen LogP contribution in [0.3, 0.4) is 0 Å². The lowest BCUT2D eigenvalue weighted by Crippen LogP contribution is -2.41. The van der Waals surface area contributed by atoms with Crippen molar-refractivity contribution in [3.8, 4) is 11.4 Å². The molecule has 1 aromatic heterocycles. The molecule has 1 aliphatic rings. The summed E-state index contributed by atoms with van der Waals surface area (Å²) < 4.78 is 42.0. The van der Waals surface area contributed by atoms with Gasteiger partial charge in [-0.15, -0.1) is 0 Å². The Bertz CT molecular complexity index is 1200. The summed E-state index contributed by atoms with van der Waals surface area (Å²) in [6.45, 7) is 1.89. The van der Waals surface area contributed by atoms with E-state index in [-0.39, 0.29) is 22.5 Å². The number of benzene rings is 2. The van der Waals surface area contributed by atoms with Gasteiger partial charge in [0.05, 0.1) is 5.56 Å². The average Bonchev–Trinajstić information content (AvgIpc) is 3.11. The van der Waals surface area contributed by atoms with Crippen LogP contribution in [0.15, 0.2) is 48.5 Å². The summed E-state index contributed by atoms with van der Waals surface area (Å²) in [6, 6.07) is 11.9. The highest BCUT2D eigenvalue weighted by molar-refractivity contribution is 5.67. The molecule has 4 rings (SSSR count). The van der Waals surface area contributed by atoms with Crippen molar-refractivity contribution in [1.29, 1.82) is 10.8 Å². The first-order valence-corrected chi connectivity index (χ1v) is 8.21. The van der Waals surface area contributed by atoms with E-state index in [1.165, 1.54) is 21.3 Å². The van der Waals surface area contributed by atoms with Crippen LogP contribution in [0.4, 0.5) is 24.8 Å². The lowest BCUT2D eigenvalue weighted by atomic mass is 10.2. The van der Waals surface area contributed by atoms with Crippen LogP contribution < -0.4 is 21.9 Å². The monoisotopic (exact) mass is 388 g/mol. The SMILES string of the molecule is Cc1cccc(-n2c3c(n(-c4cccc(C(F)(F)F)c4)c(=N)c2=N)NON3)c1. The van der Waals surface area contributed by atoms with Crippen LogP contribution in [0.5, 0.6) is 0 Å². The van der Waals surface area contributed by atoms with Crippen molar-refractivity contribution in [2.24, 2.45) is 0 Å². The molecule has 0 fully saturated rings. The second-order valence-corrected chi connectivity index (χ2v) is 6.26. The van der Waals surface area contributed by atoms with Crippen molar-refractivity contribution in [1.82, 2.24) is 9.13 Å². The molecular formula is C18H15F3N6O. The zero-order chi connectivity index (χ0) is 20.1. The van der Waals surface area contributed by atoms with E-state index in [4.69, 9.17) is 15.8 Å². The molecule has 0 radical (unpaired) electrons. The van der Waals surface area contributed by atoms with E-state index >= 15 is 0 Å². The van der Waals surface area contributed by atoms with Crippen molar-refractivity contribution in [3.63, 3.8) is 0 Å². The van der Waals surface area contributed by atoms with Gasteiger partial charge in [0.25, 0.3) is 0 Å². The maximum Gasteiger partial charge on any atom is 0.416 e. The molecule has 0 unspecified atom stereocenters. The molecular weight excluding hydrogens is 373 g/mol. The van der Waals surface area contributed by atoms with Crippen molar-refractivity contribution >= 4 is 11.6 Å². The Balaban J connectivity index is 2.01. The van der Waals surface area contributed by atoms with Gasteiger partial charge < -0.3 is 0 Å². The van der Waals surface area contributed by atoms with Gasteiger partial charge in [-0.25, -0.2) is 11.0 Å². The molecule has 2 heterocycles. The summed E-state index contributed by atoms with van der Waals surface area (Å²) in [6.07, 6.45) is -4.52. The van der Waals surface area contributed by atoms with E-state index < -0.39 is 11.7 Å². The molecule has 0 saturated heterocycles. The number of halogens is 3. The predicted octanol–water partition coefficient (Wildman–Crippen LogP) is 3.24. The maximum absolute atomic E-state index is 13.1. The molecule has 2 aromatic carbocycles. The van der Waals surface area contributed by atoms with E-state index in [2.05, 4.69) is 11.0 Å². The van der Waals surface area contributed by atoms with Crippen LogP contribution in [0, 0.1) is 17.7 Å². The number of anilines is 2. The van der Waals surface area contributed by atoms with Crippen LogP contribution in [-0.2, 0) is 11.1 Å². The van der Waals surface area contributed by atoms with Gasteiger partial charge in [-0.1, -0.05) is 18.2 Å². The molecule has 0 spiro atoms. The smallest absolute Gasteiger partial charge is 0.281 e. The van der Waals surface area contributed by atoms with Crippen LogP contribution in [0.1, 0.15) is 11.1 Å². The highest BCUT2D eigenvalue weighted by Crippen LogP contribution is 2.32. The van der Waals surface area contributed by atoms with Crippen LogP contribution >= 0.6 is 0 Å². The second kappa shape index (κ2) is 6.27.